The van der Waals surface area contributed by atoms with Crippen LogP contribution in [0.3, 0.4) is 0 Å². The Balaban J connectivity index is 2.22. The summed E-state index contributed by atoms with van der Waals surface area (Å²) >= 11 is 0.923. The number of rotatable bonds is 3. The summed E-state index contributed by atoms with van der Waals surface area (Å²) in [5.41, 5.74) is 1.19. The van der Waals surface area contributed by atoms with Crippen LogP contribution in [0.15, 0.2) is 29.2 Å². The van der Waals surface area contributed by atoms with Gasteiger partial charge in [-0.2, -0.15) is 0 Å². The number of carbonyl (C=O) groups excluding carboxylic acids is 3. The molecule has 20 heavy (non-hydrogen) atoms. The minimum absolute atomic E-state index is 0.255. The second kappa shape index (κ2) is 5.92. The SMILES string of the molecule is CCN1C(=O)S/C(=C\c2ccc(C(=O)OC)cc2)C1=O. The molecule has 1 aromatic rings. The topological polar surface area (TPSA) is 63.7 Å². The van der Waals surface area contributed by atoms with Crippen LogP contribution in [0.1, 0.15) is 22.8 Å². The summed E-state index contributed by atoms with van der Waals surface area (Å²) in [6, 6.07) is 6.63. The number of nitrogens with zero attached hydrogens (tertiary/aromatic N) is 1. The van der Waals surface area contributed by atoms with Crippen molar-refractivity contribution in [2.75, 3.05) is 13.7 Å². The van der Waals surface area contributed by atoms with Crippen LogP contribution in [0.25, 0.3) is 6.08 Å². The minimum Gasteiger partial charge on any atom is -0.465 e. The molecule has 0 radical (unpaired) electrons. The molecule has 6 heteroatoms. The molecule has 2 amide bonds. The average Bonchev–Trinajstić information content (AvgIpc) is 2.73. The predicted octanol–water partition coefficient (Wildman–Crippen LogP) is 2.53. The Labute approximate surface area is 120 Å². The molecule has 0 bridgehead atoms. The quantitative estimate of drug-likeness (QED) is 0.632. The number of hydrogen-bond donors (Lipinski definition) is 0. The first-order valence-electron chi connectivity index (χ1n) is 6.00. The van der Waals surface area contributed by atoms with Gasteiger partial charge >= 0.3 is 5.97 Å². The van der Waals surface area contributed by atoms with Gasteiger partial charge in [-0.25, -0.2) is 4.79 Å². The Kier molecular flexibility index (Phi) is 4.24. The fraction of sp³-hybridized carbons (Fsp3) is 0.214. The lowest BCUT2D eigenvalue weighted by Gasteiger charge is -2.06. The highest BCUT2D eigenvalue weighted by Gasteiger charge is 2.33. The Morgan fingerprint density at radius 3 is 2.45 bits per heavy atom. The average molecular weight is 291 g/mol. The summed E-state index contributed by atoms with van der Waals surface area (Å²) < 4.78 is 4.61. The Hall–Kier alpha value is -2.08. The van der Waals surface area contributed by atoms with E-state index in [-0.39, 0.29) is 11.1 Å². The molecule has 1 saturated heterocycles. The molecule has 1 aliphatic heterocycles. The molecule has 5 nitrogen and oxygen atoms in total. The van der Waals surface area contributed by atoms with Crippen molar-refractivity contribution in [1.29, 1.82) is 0 Å². The molecule has 2 rings (SSSR count). The number of imide groups is 1. The number of benzene rings is 1. The first-order chi connectivity index (χ1) is 9.56. The van der Waals surface area contributed by atoms with E-state index < -0.39 is 5.97 Å². The normalized spacial score (nSPS) is 16.9. The molecule has 1 fully saturated rings. The highest BCUT2D eigenvalue weighted by molar-refractivity contribution is 8.18. The number of methoxy groups -OCH3 is 1. The van der Waals surface area contributed by atoms with Gasteiger partial charge < -0.3 is 4.74 Å². The van der Waals surface area contributed by atoms with Gasteiger partial charge in [0.2, 0.25) is 0 Å². The highest BCUT2D eigenvalue weighted by atomic mass is 32.2. The molecule has 0 N–H and O–H groups in total. The maximum Gasteiger partial charge on any atom is 0.337 e. The number of carbonyl (C=O) groups is 3. The van der Waals surface area contributed by atoms with Crippen LogP contribution < -0.4 is 0 Å². The number of amides is 2. The van der Waals surface area contributed by atoms with E-state index in [4.69, 9.17) is 0 Å². The smallest absolute Gasteiger partial charge is 0.337 e. The maximum absolute atomic E-state index is 11.9. The van der Waals surface area contributed by atoms with Gasteiger partial charge in [-0.15, -0.1) is 0 Å². The number of thioether (sulfide) groups is 1. The van der Waals surface area contributed by atoms with E-state index in [1.165, 1.54) is 12.0 Å². The van der Waals surface area contributed by atoms with Crippen LogP contribution in [-0.4, -0.2) is 35.7 Å². The van der Waals surface area contributed by atoms with E-state index in [0.717, 1.165) is 17.3 Å². The first-order valence-corrected chi connectivity index (χ1v) is 6.82. The first kappa shape index (κ1) is 14.3. The van der Waals surface area contributed by atoms with E-state index >= 15 is 0 Å². The Morgan fingerprint density at radius 1 is 1.30 bits per heavy atom. The largest absolute Gasteiger partial charge is 0.465 e. The number of esters is 1. The second-order valence-corrected chi connectivity index (χ2v) is 5.03. The zero-order valence-electron chi connectivity index (χ0n) is 11.1. The third-order valence-corrected chi connectivity index (χ3v) is 3.73. The Morgan fingerprint density at radius 2 is 1.95 bits per heavy atom. The summed E-state index contributed by atoms with van der Waals surface area (Å²) in [6.07, 6.45) is 1.64. The number of likely N-dealkylation sites (N-methyl/N-ethyl adjacent to an activating group) is 1. The fourth-order valence-electron chi connectivity index (χ4n) is 1.76. The maximum atomic E-state index is 11.9. The molecule has 0 atom stereocenters. The zero-order chi connectivity index (χ0) is 14.7. The lowest BCUT2D eigenvalue weighted by molar-refractivity contribution is -0.122. The molecule has 0 saturated carbocycles. The molecule has 1 aromatic carbocycles. The van der Waals surface area contributed by atoms with Gasteiger partial charge in [0.25, 0.3) is 11.1 Å². The lowest BCUT2D eigenvalue weighted by atomic mass is 10.1. The molecule has 0 aromatic heterocycles. The van der Waals surface area contributed by atoms with Crippen molar-refractivity contribution in [1.82, 2.24) is 4.90 Å². The van der Waals surface area contributed by atoms with Crippen LogP contribution in [0.2, 0.25) is 0 Å². The van der Waals surface area contributed by atoms with Crippen LogP contribution in [-0.2, 0) is 9.53 Å². The van der Waals surface area contributed by atoms with Crippen molar-refractivity contribution in [2.45, 2.75) is 6.92 Å². The van der Waals surface area contributed by atoms with Crippen molar-refractivity contribution >= 4 is 35.0 Å². The fourth-order valence-corrected chi connectivity index (χ4v) is 2.66. The number of ether oxygens (including phenoxy) is 1. The van der Waals surface area contributed by atoms with Crippen LogP contribution >= 0.6 is 11.8 Å². The van der Waals surface area contributed by atoms with Crippen LogP contribution in [0, 0.1) is 0 Å². The molecule has 104 valence electrons. The monoisotopic (exact) mass is 291 g/mol. The minimum atomic E-state index is -0.414. The summed E-state index contributed by atoms with van der Waals surface area (Å²) in [7, 11) is 1.32. The highest BCUT2D eigenvalue weighted by Crippen LogP contribution is 2.31. The lowest BCUT2D eigenvalue weighted by Crippen LogP contribution is -2.27. The van der Waals surface area contributed by atoms with Crippen molar-refractivity contribution in [2.24, 2.45) is 0 Å². The van der Waals surface area contributed by atoms with Crippen molar-refractivity contribution in [3.63, 3.8) is 0 Å². The second-order valence-electron chi connectivity index (χ2n) is 4.04. The summed E-state index contributed by atoms with van der Waals surface area (Å²) in [4.78, 5) is 36.4. The van der Waals surface area contributed by atoms with Crippen molar-refractivity contribution in [3.8, 4) is 0 Å². The molecular weight excluding hydrogens is 278 g/mol. The van der Waals surface area contributed by atoms with E-state index in [2.05, 4.69) is 4.74 Å². The van der Waals surface area contributed by atoms with Crippen molar-refractivity contribution < 1.29 is 19.1 Å². The molecule has 1 heterocycles. The van der Waals surface area contributed by atoms with E-state index in [0.29, 0.717) is 17.0 Å². The Bertz CT molecular complexity index is 592. The van der Waals surface area contributed by atoms with Crippen molar-refractivity contribution in [3.05, 3.63) is 40.3 Å². The van der Waals surface area contributed by atoms with Gasteiger partial charge in [0.15, 0.2) is 0 Å². The predicted molar refractivity (Wildman–Crippen MR) is 76.1 cm³/mol. The van der Waals surface area contributed by atoms with Gasteiger partial charge in [-0.1, -0.05) is 12.1 Å². The van der Waals surface area contributed by atoms with E-state index in [1.54, 1.807) is 37.3 Å². The molecule has 0 unspecified atom stereocenters. The third-order valence-electron chi connectivity index (χ3n) is 2.82. The molecule has 0 aliphatic carbocycles. The van der Waals surface area contributed by atoms with Crippen LogP contribution in [0.5, 0.6) is 0 Å². The third kappa shape index (κ3) is 2.75. The standard InChI is InChI=1S/C14H13NO4S/c1-3-15-12(16)11(20-14(15)18)8-9-4-6-10(7-5-9)13(17)19-2/h4-8H,3H2,1-2H3/b11-8-. The summed E-state index contributed by atoms with van der Waals surface area (Å²) in [5, 5.41) is -0.255. The molecule has 0 spiro atoms. The van der Waals surface area contributed by atoms with Gasteiger partial charge in [0, 0.05) is 6.54 Å². The molecular formula is C14H13NO4S. The van der Waals surface area contributed by atoms with E-state index in [9.17, 15) is 14.4 Å². The van der Waals surface area contributed by atoms with Crippen LogP contribution in [0.4, 0.5) is 4.79 Å². The van der Waals surface area contributed by atoms with Gasteiger partial charge in [-0.3, -0.25) is 14.5 Å². The number of hydrogen-bond acceptors (Lipinski definition) is 5. The zero-order valence-corrected chi connectivity index (χ0v) is 11.9. The summed E-state index contributed by atoms with van der Waals surface area (Å²) in [6.45, 7) is 2.12. The van der Waals surface area contributed by atoms with Gasteiger partial charge in [0.1, 0.15) is 0 Å². The van der Waals surface area contributed by atoms with E-state index in [1.807, 2.05) is 0 Å². The van der Waals surface area contributed by atoms with Gasteiger partial charge in [-0.05, 0) is 42.5 Å². The molecule has 1 aliphatic rings. The summed E-state index contributed by atoms with van der Waals surface area (Å²) in [5.74, 6) is -0.692. The van der Waals surface area contributed by atoms with Gasteiger partial charge in [0.05, 0.1) is 17.6 Å².